The van der Waals surface area contributed by atoms with Gasteiger partial charge < -0.3 is 9.88 Å². The van der Waals surface area contributed by atoms with Gasteiger partial charge in [-0.15, -0.1) is 10.2 Å². The quantitative estimate of drug-likeness (QED) is 0.787. The molecule has 23 heavy (non-hydrogen) atoms. The Labute approximate surface area is 134 Å². The van der Waals surface area contributed by atoms with Gasteiger partial charge >= 0.3 is 0 Å². The Balaban J connectivity index is 1.70. The molecule has 2 heterocycles. The predicted octanol–water partition coefficient (Wildman–Crippen LogP) is 3.06. The van der Waals surface area contributed by atoms with E-state index >= 15 is 0 Å². The average Bonchev–Trinajstić information content (AvgIpc) is 2.96. The van der Waals surface area contributed by atoms with E-state index in [1.54, 1.807) is 18.7 Å². The smallest absolute Gasteiger partial charge is 0.165 e. The van der Waals surface area contributed by atoms with Crippen molar-refractivity contribution in [1.82, 2.24) is 19.7 Å². The van der Waals surface area contributed by atoms with Gasteiger partial charge in [-0.2, -0.15) is 0 Å². The van der Waals surface area contributed by atoms with Crippen LogP contribution in [0.1, 0.15) is 12.5 Å². The largest absolute Gasteiger partial charge is 0.381 e. The van der Waals surface area contributed by atoms with Gasteiger partial charge in [0.05, 0.1) is 5.69 Å². The highest BCUT2D eigenvalue weighted by Crippen LogP contribution is 2.19. The fourth-order valence-corrected chi connectivity index (χ4v) is 2.50. The number of aryl methyl sites for hydroxylation is 1. The number of hydrogen-bond donors (Lipinski definition) is 1. The van der Waals surface area contributed by atoms with E-state index < -0.39 is 0 Å². The highest BCUT2D eigenvalue weighted by Gasteiger charge is 2.08. The lowest BCUT2D eigenvalue weighted by molar-refractivity contribution is 0.626. The van der Waals surface area contributed by atoms with E-state index in [1.807, 2.05) is 29.8 Å². The Kier molecular flexibility index (Phi) is 4.32. The lowest BCUT2D eigenvalue weighted by Crippen LogP contribution is -2.18. The molecule has 0 aliphatic carbocycles. The van der Waals surface area contributed by atoms with Crippen molar-refractivity contribution in [3.8, 4) is 11.4 Å². The van der Waals surface area contributed by atoms with Crippen molar-refractivity contribution < 1.29 is 4.39 Å². The number of hydrogen-bond acceptors (Lipinski definition) is 4. The Hall–Kier alpha value is -2.76. The van der Waals surface area contributed by atoms with Crippen LogP contribution in [0.5, 0.6) is 0 Å². The van der Waals surface area contributed by atoms with Gasteiger partial charge in [0.25, 0.3) is 0 Å². The molecule has 6 heteroatoms. The van der Waals surface area contributed by atoms with Crippen LogP contribution in [0.15, 0.2) is 49.1 Å². The number of pyridine rings is 1. The molecule has 0 saturated carbocycles. The lowest BCUT2D eigenvalue weighted by Gasteiger charge is -2.15. The molecular formula is C17H18FN5. The SMILES string of the molecule is CC(Cc1ccc(F)cc1)Nc1cncc(-c2nncn2C)c1. The zero-order valence-corrected chi connectivity index (χ0v) is 13.1. The van der Waals surface area contributed by atoms with Crippen molar-refractivity contribution in [2.75, 3.05) is 5.32 Å². The van der Waals surface area contributed by atoms with E-state index in [4.69, 9.17) is 0 Å². The molecule has 0 saturated heterocycles. The zero-order chi connectivity index (χ0) is 16.2. The summed E-state index contributed by atoms with van der Waals surface area (Å²) in [6, 6.07) is 8.77. The van der Waals surface area contributed by atoms with Crippen LogP contribution >= 0.6 is 0 Å². The van der Waals surface area contributed by atoms with Crippen molar-refractivity contribution in [3.63, 3.8) is 0 Å². The number of aromatic nitrogens is 4. The maximum atomic E-state index is 12.9. The molecule has 0 bridgehead atoms. The van der Waals surface area contributed by atoms with Crippen molar-refractivity contribution in [2.45, 2.75) is 19.4 Å². The minimum absolute atomic E-state index is 0.192. The molecule has 0 spiro atoms. The van der Waals surface area contributed by atoms with E-state index in [0.717, 1.165) is 29.1 Å². The molecule has 5 nitrogen and oxygen atoms in total. The fraction of sp³-hybridized carbons (Fsp3) is 0.235. The van der Waals surface area contributed by atoms with Crippen LogP contribution in [0.3, 0.4) is 0 Å². The second kappa shape index (κ2) is 6.56. The monoisotopic (exact) mass is 311 g/mol. The number of anilines is 1. The van der Waals surface area contributed by atoms with E-state index in [-0.39, 0.29) is 11.9 Å². The molecule has 3 aromatic rings. The van der Waals surface area contributed by atoms with Gasteiger partial charge in [0.2, 0.25) is 0 Å². The third-order valence-electron chi connectivity index (χ3n) is 3.58. The number of nitrogens with zero attached hydrogens (tertiary/aromatic N) is 4. The summed E-state index contributed by atoms with van der Waals surface area (Å²) in [6.45, 7) is 2.08. The molecule has 1 unspecified atom stereocenters. The second-order valence-electron chi connectivity index (χ2n) is 5.60. The van der Waals surface area contributed by atoms with Crippen LogP contribution < -0.4 is 5.32 Å². The van der Waals surface area contributed by atoms with Gasteiger partial charge in [0.1, 0.15) is 12.1 Å². The van der Waals surface area contributed by atoms with Crippen LogP contribution in [0.25, 0.3) is 11.4 Å². The summed E-state index contributed by atoms with van der Waals surface area (Å²) in [5, 5.41) is 11.4. The molecule has 0 amide bonds. The van der Waals surface area contributed by atoms with Gasteiger partial charge in [0, 0.05) is 31.0 Å². The molecule has 1 N–H and O–H groups in total. The number of halogens is 1. The minimum atomic E-state index is -0.213. The van der Waals surface area contributed by atoms with Crippen LogP contribution in [-0.2, 0) is 13.5 Å². The maximum Gasteiger partial charge on any atom is 0.165 e. The minimum Gasteiger partial charge on any atom is -0.381 e. The third-order valence-corrected chi connectivity index (χ3v) is 3.58. The van der Waals surface area contributed by atoms with E-state index in [9.17, 15) is 4.39 Å². The van der Waals surface area contributed by atoms with E-state index in [2.05, 4.69) is 27.4 Å². The highest BCUT2D eigenvalue weighted by atomic mass is 19.1. The van der Waals surface area contributed by atoms with Crippen molar-refractivity contribution in [1.29, 1.82) is 0 Å². The standard InChI is InChI=1S/C17H18FN5/c1-12(7-13-3-5-15(18)6-4-13)21-16-8-14(9-19-10-16)17-22-20-11-23(17)2/h3-6,8-12,21H,7H2,1-2H3. The molecule has 0 radical (unpaired) electrons. The lowest BCUT2D eigenvalue weighted by atomic mass is 10.1. The molecule has 0 aliphatic heterocycles. The van der Waals surface area contributed by atoms with Crippen molar-refractivity contribution in [3.05, 3.63) is 60.4 Å². The molecular weight excluding hydrogens is 293 g/mol. The van der Waals surface area contributed by atoms with Gasteiger partial charge in [0.15, 0.2) is 5.82 Å². The highest BCUT2D eigenvalue weighted by molar-refractivity contribution is 5.60. The fourth-order valence-electron chi connectivity index (χ4n) is 2.50. The first-order chi connectivity index (χ1) is 11.1. The summed E-state index contributed by atoms with van der Waals surface area (Å²) in [5.41, 5.74) is 2.91. The van der Waals surface area contributed by atoms with Crippen LogP contribution in [0.2, 0.25) is 0 Å². The number of nitrogens with one attached hydrogen (secondary N) is 1. The first-order valence-corrected chi connectivity index (χ1v) is 7.42. The van der Waals surface area contributed by atoms with Gasteiger partial charge in [-0.3, -0.25) is 4.98 Å². The Morgan fingerprint density at radius 2 is 2.00 bits per heavy atom. The third kappa shape index (κ3) is 3.71. The first-order valence-electron chi connectivity index (χ1n) is 7.42. The predicted molar refractivity (Wildman–Crippen MR) is 87.4 cm³/mol. The summed E-state index contributed by atoms with van der Waals surface area (Å²) in [5.74, 6) is 0.558. The second-order valence-corrected chi connectivity index (χ2v) is 5.60. The normalized spacial score (nSPS) is 12.1. The summed E-state index contributed by atoms with van der Waals surface area (Å²) < 4.78 is 14.8. The van der Waals surface area contributed by atoms with Gasteiger partial charge in [-0.1, -0.05) is 12.1 Å². The molecule has 0 fully saturated rings. The summed E-state index contributed by atoms with van der Waals surface area (Å²) in [6.07, 6.45) is 6.00. The summed E-state index contributed by atoms with van der Waals surface area (Å²) >= 11 is 0. The van der Waals surface area contributed by atoms with Crippen molar-refractivity contribution >= 4 is 5.69 Å². The Morgan fingerprint density at radius 3 is 2.70 bits per heavy atom. The van der Waals surface area contributed by atoms with E-state index in [0.29, 0.717) is 0 Å². The Morgan fingerprint density at radius 1 is 1.22 bits per heavy atom. The first kappa shape index (κ1) is 15.1. The van der Waals surface area contributed by atoms with Crippen molar-refractivity contribution in [2.24, 2.45) is 7.05 Å². The maximum absolute atomic E-state index is 12.9. The van der Waals surface area contributed by atoms with Crippen LogP contribution in [0.4, 0.5) is 10.1 Å². The zero-order valence-electron chi connectivity index (χ0n) is 13.1. The molecule has 1 atom stereocenters. The topological polar surface area (TPSA) is 55.6 Å². The van der Waals surface area contributed by atoms with Crippen LogP contribution in [-0.4, -0.2) is 25.8 Å². The summed E-state index contributed by atoms with van der Waals surface area (Å²) in [4.78, 5) is 4.26. The van der Waals surface area contributed by atoms with Crippen LogP contribution in [0, 0.1) is 5.82 Å². The van der Waals surface area contributed by atoms with Gasteiger partial charge in [-0.05, 0) is 37.1 Å². The Bertz CT molecular complexity index is 782. The van der Waals surface area contributed by atoms with E-state index in [1.165, 1.54) is 12.1 Å². The van der Waals surface area contributed by atoms with Gasteiger partial charge in [-0.25, -0.2) is 4.39 Å². The average molecular weight is 311 g/mol. The summed E-state index contributed by atoms with van der Waals surface area (Å²) in [7, 11) is 1.90. The molecule has 1 aromatic carbocycles. The molecule has 2 aromatic heterocycles. The molecule has 3 rings (SSSR count). The number of rotatable bonds is 5. The molecule has 118 valence electrons. The number of benzene rings is 1. The molecule has 0 aliphatic rings.